The molecule has 0 bridgehead atoms. The van der Waals surface area contributed by atoms with Gasteiger partial charge in [-0.25, -0.2) is 0 Å². The Balaban J connectivity index is 2.45. The van der Waals surface area contributed by atoms with Gasteiger partial charge in [0, 0.05) is 6.61 Å². The first-order chi connectivity index (χ1) is 7.93. The molecule has 17 heavy (non-hydrogen) atoms. The molecule has 0 heterocycles. The van der Waals surface area contributed by atoms with Crippen LogP contribution in [0.4, 0.5) is 0 Å². The van der Waals surface area contributed by atoms with E-state index < -0.39 is 0 Å². The van der Waals surface area contributed by atoms with Crippen LogP contribution in [0.25, 0.3) is 0 Å². The molecule has 1 aliphatic rings. The summed E-state index contributed by atoms with van der Waals surface area (Å²) >= 11 is 0. The largest absolute Gasteiger partial charge is 0.392 e. The van der Waals surface area contributed by atoms with Crippen molar-refractivity contribution in [1.29, 1.82) is 0 Å². The molecule has 3 nitrogen and oxygen atoms in total. The zero-order valence-electron chi connectivity index (χ0n) is 11.7. The van der Waals surface area contributed by atoms with E-state index in [1.54, 1.807) is 0 Å². The Kier molecular flexibility index (Phi) is 5.17. The minimum Gasteiger partial charge on any atom is -0.392 e. The van der Waals surface area contributed by atoms with Gasteiger partial charge in [-0.1, -0.05) is 19.4 Å². The van der Waals surface area contributed by atoms with E-state index >= 15 is 0 Å². The smallest absolute Gasteiger partial charge is 0.154 e. The van der Waals surface area contributed by atoms with E-state index in [9.17, 15) is 0 Å². The Morgan fingerprint density at radius 3 is 2.59 bits per heavy atom. The van der Waals surface area contributed by atoms with Crippen molar-refractivity contribution in [3.8, 4) is 0 Å². The van der Waals surface area contributed by atoms with Gasteiger partial charge in [0.2, 0.25) is 0 Å². The van der Waals surface area contributed by atoms with Crippen LogP contribution in [0.1, 0.15) is 41.0 Å². The highest BCUT2D eigenvalue weighted by molar-refractivity contribution is 5.29. The van der Waals surface area contributed by atoms with Gasteiger partial charge in [0.25, 0.3) is 0 Å². The highest BCUT2D eigenvalue weighted by Crippen LogP contribution is 2.52. The molecule has 1 fully saturated rings. The Morgan fingerprint density at radius 2 is 2.12 bits per heavy atom. The van der Waals surface area contributed by atoms with E-state index in [1.807, 2.05) is 20.8 Å². The van der Waals surface area contributed by atoms with Crippen molar-refractivity contribution in [3.63, 3.8) is 0 Å². The molecule has 0 saturated heterocycles. The van der Waals surface area contributed by atoms with Gasteiger partial charge in [0.05, 0.1) is 13.2 Å². The number of ether oxygens (including phenoxy) is 2. The van der Waals surface area contributed by atoms with Gasteiger partial charge in [0.15, 0.2) is 6.29 Å². The number of allylic oxidation sites excluding steroid dienone is 1. The van der Waals surface area contributed by atoms with Crippen molar-refractivity contribution < 1.29 is 14.6 Å². The lowest BCUT2D eigenvalue weighted by molar-refractivity contribution is -0.146. The molecule has 0 radical (unpaired) electrons. The number of aliphatic hydroxyl groups excluding tert-OH is 1. The van der Waals surface area contributed by atoms with Crippen LogP contribution >= 0.6 is 0 Å². The second-order valence-corrected chi connectivity index (χ2v) is 5.40. The van der Waals surface area contributed by atoms with Crippen molar-refractivity contribution in [2.24, 2.45) is 11.3 Å². The van der Waals surface area contributed by atoms with Crippen LogP contribution in [0, 0.1) is 11.3 Å². The van der Waals surface area contributed by atoms with E-state index in [0.29, 0.717) is 12.5 Å². The second kappa shape index (κ2) is 5.98. The van der Waals surface area contributed by atoms with E-state index in [2.05, 4.69) is 13.8 Å². The summed E-state index contributed by atoms with van der Waals surface area (Å²) in [4.78, 5) is 0. The minimum absolute atomic E-state index is 0.122. The van der Waals surface area contributed by atoms with Crippen LogP contribution in [0.15, 0.2) is 11.1 Å². The number of aliphatic hydroxyl groups is 1. The maximum absolute atomic E-state index is 9.17. The van der Waals surface area contributed by atoms with Crippen LogP contribution in [0.5, 0.6) is 0 Å². The molecule has 1 rings (SSSR count). The summed E-state index contributed by atoms with van der Waals surface area (Å²) in [6, 6.07) is 0. The number of hydrogen-bond acceptors (Lipinski definition) is 3. The molecule has 0 aliphatic heterocycles. The lowest BCUT2D eigenvalue weighted by Gasteiger charge is -2.48. The molecule has 2 atom stereocenters. The van der Waals surface area contributed by atoms with Crippen molar-refractivity contribution in [2.75, 3.05) is 19.8 Å². The monoisotopic (exact) mass is 242 g/mol. The first-order valence-electron chi connectivity index (χ1n) is 6.46. The summed E-state index contributed by atoms with van der Waals surface area (Å²) < 4.78 is 11.0. The van der Waals surface area contributed by atoms with E-state index in [-0.39, 0.29) is 18.3 Å². The predicted octanol–water partition coefficient (Wildman–Crippen LogP) is 2.74. The maximum atomic E-state index is 9.17. The van der Waals surface area contributed by atoms with Crippen molar-refractivity contribution in [3.05, 3.63) is 11.1 Å². The van der Waals surface area contributed by atoms with Gasteiger partial charge < -0.3 is 14.6 Å². The first-order valence-corrected chi connectivity index (χ1v) is 6.46. The molecule has 0 aromatic rings. The Bertz CT molecular complexity index is 281. The molecule has 0 aromatic carbocycles. The standard InChI is InChI=1S/C14H26O3/c1-6-16-11(3)17-9-12-7-13(10(2)8-15)14(12,4)5/h11-12,15H,6-9H2,1-5H3/b13-10-. The second-order valence-electron chi connectivity index (χ2n) is 5.40. The Morgan fingerprint density at radius 1 is 1.47 bits per heavy atom. The van der Waals surface area contributed by atoms with Crippen molar-refractivity contribution in [2.45, 2.75) is 47.3 Å². The van der Waals surface area contributed by atoms with Crippen molar-refractivity contribution in [1.82, 2.24) is 0 Å². The van der Waals surface area contributed by atoms with Gasteiger partial charge in [-0.05, 0) is 44.1 Å². The molecule has 1 aliphatic carbocycles. The summed E-state index contributed by atoms with van der Waals surface area (Å²) in [7, 11) is 0. The van der Waals surface area contributed by atoms with Crippen LogP contribution in [0.2, 0.25) is 0 Å². The summed E-state index contributed by atoms with van der Waals surface area (Å²) in [5, 5.41) is 9.17. The van der Waals surface area contributed by atoms with Gasteiger partial charge in [-0.2, -0.15) is 0 Å². The van der Waals surface area contributed by atoms with Gasteiger partial charge >= 0.3 is 0 Å². The SMILES string of the molecule is CCOC(C)OCC1C/C(=C(\C)CO)C1(C)C. The third-order valence-electron chi connectivity index (χ3n) is 3.93. The summed E-state index contributed by atoms with van der Waals surface area (Å²) in [5.41, 5.74) is 2.65. The van der Waals surface area contributed by atoms with Crippen molar-refractivity contribution >= 4 is 0 Å². The molecule has 0 amide bonds. The molecule has 1 N–H and O–H groups in total. The van der Waals surface area contributed by atoms with Crippen LogP contribution < -0.4 is 0 Å². The zero-order valence-corrected chi connectivity index (χ0v) is 11.7. The summed E-state index contributed by atoms with van der Waals surface area (Å²) in [6.45, 7) is 12.0. The summed E-state index contributed by atoms with van der Waals surface area (Å²) in [6.07, 6.45) is 0.917. The first kappa shape index (κ1) is 14.7. The van der Waals surface area contributed by atoms with Crippen LogP contribution in [-0.2, 0) is 9.47 Å². The number of rotatable bonds is 6. The third kappa shape index (κ3) is 3.30. The van der Waals surface area contributed by atoms with Crippen LogP contribution in [-0.4, -0.2) is 31.2 Å². The third-order valence-corrected chi connectivity index (χ3v) is 3.93. The highest BCUT2D eigenvalue weighted by Gasteiger charge is 2.44. The molecule has 2 unspecified atom stereocenters. The lowest BCUT2D eigenvalue weighted by Crippen LogP contribution is -2.42. The maximum Gasteiger partial charge on any atom is 0.154 e. The van der Waals surface area contributed by atoms with Gasteiger partial charge in [-0.3, -0.25) is 0 Å². The van der Waals surface area contributed by atoms with Gasteiger partial charge in [-0.15, -0.1) is 0 Å². The van der Waals surface area contributed by atoms with Crippen LogP contribution in [0.3, 0.4) is 0 Å². The normalized spacial score (nSPS) is 27.5. The molecular formula is C14H26O3. The lowest BCUT2D eigenvalue weighted by atomic mass is 9.58. The van der Waals surface area contributed by atoms with E-state index in [0.717, 1.165) is 18.6 Å². The fourth-order valence-corrected chi connectivity index (χ4v) is 2.50. The fraction of sp³-hybridized carbons (Fsp3) is 0.857. The highest BCUT2D eigenvalue weighted by atomic mass is 16.7. The summed E-state index contributed by atoms with van der Waals surface area (Å²) in [5.74, 6) is 0.530. The average molecular weight is 242 g/mol. The molecule has 3 heteroatoms. The van der Waals surface area contributed by atoms with E-state index in [1.165, 1.54) is 5.57 Å². The molecule has 0 spiro atoms. The minimum atomic E-state index is -0.122. The quantitative estimate of drug-likeness (QED) is 0.575. The molecule has 100 valence electrons. The zero-order chi connectivity index (χ0) is 13.1. The molecule has 1 saturated carbocycles. The number of hydrogen-bond donors (Lipinski definition) is 1. The Labute approximate surface area is 105 Å². The Hall–Kier alpha value is -0.380. The molecule has 0 aromatic heterocycles. The average Bonchev–Trinajstić information content (AvgIpc) is 2.27. The van der Waals surface area contributed by atoms with E-state index in [4.69, 9.17) is 14.6 Å². The topological polar surface area (TPSA) is 38.7 Å². The molecular weight excluding hydrogens is 216 g/mol. The van der Waals surface area contributed by atoms with Gasteiger partial charge in [0.1, 0.15) is 0 Å². The fourth-order valence-electron chi connectivity index (χ4n) is 2.50. The predicted molar refractivity (Wildman–Crippen MR) is 68.7 cm³/mol.